The zero-order chi connectivity index (χ0) is 27.3. The van der Waals surface area contributed by atoms with Crippen molar-refractivity contribution in [2.75, 3.05) is 23.7 Å². The van der Waals surface area contributed by atoms with E-state index < -0.39 is 29.2 Å². The summed E-state index contributed by atoms with van der Waals surface area (Å²) >= 11 is 0. The molecule has 0 spiro atoms. The first-order valence-electron chi connectivity index (χ1n) is 12.1. The van der Waals surface area contributed by atoms with Gasteiger partial charge in [0.15, 0.2) is 11.6 Å². The molecule has 1 saturated heterocycles. The average molecular weight is 568 g/mol. The van der Waals surface area contributed by atoms with Crippen molar-refractivity contribution in [2.24, 2.45) is 0 Å². The monoisotopic (exact) mass is 567 g/mol. The summed E-state index contributed by atoms with van der Waals surface area (Å²) in [6.07, 6.45) is -1.10. The summed E-state index contributed by atoms with van der Waals surface area (Å²) in [7, 11) is 0. The number of anilines is 2. The lowest BCUT2D eigenvalue weighted by molar-refractivity contribution is -0.185. The number of hydrogen-bond acceptors (Lipinski definition) is 7. The fraction of sp³-hybridized carbons (Fsp3) is 0.385. The largest absolute Gasteiger partial charge is 0.489 e. The number of benzene rings is 1. The van der Waals surface area contributed by atoms with Gasteiger partial charge in [-0.3, -0.25) is 9.59 Å². The van der Waals surface area contributed by atoms with Gasteiger partial charge < -0.3 is 25.2 Å². The lowest BCUT2D eigenvalue weighted by Crippen LogP contribution is -2.35. The zero-order valence-corrected chi connectivity index (χ0v) is 22.1. The number of aromatic nitrogens is 2. The van der Waals surface area contributed by atoms with Crippen molar-refractivity contribution in [2.45, 2.75) is 50.8 Å². The van der Waals surface area contributed by atoms with E-state index in [0.29, 0.717) is 17.0 Å². The highest BCUT2D eigenvalue weighted by Crippen LogP contribution is 2.41. The van der Waals surface area contributed by atoms with Gasteiger partial charge in [0.2, 0.25) is 5.91 Å². The Morgan fingerprint density at radius 1 is 1.08 bits per heavy atom. The number of nitrogens with one attached hydrogen (secondary N) is 3. The van der Waals surface area contributed by atoms with Crippen molar-refractivity contribution < 1.29 is 32.0 Å². The molecule has 2 amide bonds. The fourth-order valence-corrected chi connectivity index (χ4v) is 3.73. The summed E-state index contributed by atoms with van der Waals surface area (Å²) in [6.45, 7) is 3.76. The molecule has 3 N–H and O–H groups in total. The van der Waals surface area contributed by atoms with E-state index in [-0.39, 0.29) is 36.4 Å². The average Bonchev–Trinajstić information content (AvgIpc) is 3.35. The summed E-state index contributed by atoms with van der Waals surface area (Å²) in [4.78, 5) is 29.1. The number of piperidine rings is 1. The molecule has 0 unspecified atom stereocenters. The van der Waals surface area contributed by atoms with E-state index in [4.69, 9.17) is 9.26 Å². The highest BCUT2D eigenvalue weighted by molar-refractivity contribution is 6.02. The van der Waals surface area contributed by atoms with Crippen LogP contribution in [0.15, 0.2) is 53.2 Å². The minimum absolute atomic E-state index is 0. The number of rotatable bonds is 8. The van der Waals surface area contributed by atoms with Crippen LogP contribution in [0.25, 0.3) is 0 Å². The Balaban J connectivity index is 0.00000420. The van der Waals surface area contributed by atoms with Crippen LogP contribution in [0.5, 0.6) is 5.75 Å². The zero-order valence-electron chi connectivity index (χ0n) is 21.3. The van der Waals surface area contributed by atoms with Crippen LogP contribution < -0.4 is 20.7 Å². The van der Waals surface area contributed by atoms with Gasteiger partial charge in [0.05, 0.1) is 12.6 Å². The number of pyridine rings is 1. The van der Waals surface area contributed by atoms with Crippen molar-refractivity contribution in [3.63, 3.8) is 0 Å². The molecule has 1 aliphatic heterocycles. The van der Waals surface area contributed by atoms with Crippen LogP contribution in [0.1, 0.15) is 48.5 Å². The second-order valence-corrected chi connectivity index (χ2v) is 9.52. The van der Waals surface area contributed by atoms with Crippen LogP contribution in [0.4, 0.5) is 24.7 Å². The number of carbonyl (C=O) groups excluding carboxylic acids is 2. The van der Waals surface area contributed by atoms with Gasteiger partial charge in [0.1, 0.15) is 23.0 Å². The maximum absolute atomic E-state index is 13.2. The first-order valence-corrected chi connectivity index (χ1v) is 12.1. The van der Waals surface area contributed by atoms with E-state index in [1.807, 2.05) is 0 Å². The third kappa shape index (κ3) is 7.70. The summed E-state index contributed by atoms with van der Waals surface area (Å²) in [5, 5.41) is 12.0. The molecule has 2 aromatic heterocycles. The Morgan fingerprint density at radius 2 is 1.77 bits per heavy atom. The molecule has 39 heavy (non-hydrogen) atoms. The Bertz CT molecular complexity index is 1260. The van der Waals surface area contributed by atoms with Gasteiger partial charge in [-0.2, -0.15) is 13.2 Å². The van der Waals surface area contributed by atoms with Gasteiger partial charge >= 0.3 is 6.18 Å². The topological polar surface area (TPSA) is 118 Å². The number of carbonyl (C=O) groups is 2. The number of hydrogen-bond donors (Lipinski definition) is 3. The normalized spacial score (nSPS) is 14.3. The lowest BCUT2D eigenvalue weighted by Gasteiger charge is -2.24. The standard InChI is InChI=1S/C26H28F3N5O4.ClH/c1-25(2,26(27,28)29)21-14-22(34-38-21)33-23(35)13-16-3-5-17(6-4-16)32-24(36)20-8-7-19(15-31-20)37-18-9-11-30-12-10-18;/h3-8,14-15,18,30H,9-13H2,1-2H3,(H,32,36)(H,33,34,35);1H. The van der Waals surface area contributed by atoms with Gasteiger partial charge in [-0.1, -0.05) is 17.3 Å². The number of halogens is 4. The molecule has 3 heterocycles. The van der Waals surface area contributed by atoms with Crippen molar-refractivity contribution in [1.82, 2.24) is 15.5 Å². The molecule has 0 bridgehead atoms. The fourth-order valence-electron chi connectivity index (χ4n) is 3.73. The number of nitrogens with zero attached hydrogens (tertiary/aromatic N) is 2. The Morgan fingerprint density at radius 3 is 2.38 bits per heavy atom. The summed E-state index contributed by atoms with van der Waals surface area (Å²) in [5.74, 6) is -0.776. The molecule has 4 rings (SSSR count). The van der Waals surface area contributed by atoms with Gasteiger partial charge in [-0.25, -0.2) is 4.98 Å². The van der Waals surface area contributed by atoms with Crippen LogP contribution in [0.3, 0.4) is 0 Å². The molecule has 0 saturated carbocycles. The van der Waals surface area contributed by atoms with Crippen molar-refractivity contribution in [1.29, 1.82) is 0 Å². The molecule has 210 valence electrons. The van der Waals surface area contributed by atoms with Crippen LogP contribution in [-0.2, 0) is 16.6 Å². The van der Waals surface area contributed by atoms with Crippen molar-refractivity contribution in [3.8, 4) is 5.75 Å². The van der Waals surface area contributed by atoms with E-state index in [1.165, 1.54) is 6.20 Å². The van der Waals surface area contributed by atoms with E-state index in [9.17, 15) is 22.8 Å². The molecule has 9 nitrogen and oxygen atoms in total. The van der Waals surface area contributed by atoms with Gasteiger partial charge in [-0.05, 0) is 69.6 Å². The molecule has 1 aromatic carbocycles. The molecule has 3 aromatic rings. The highest BCUT2D eigenvalue weighted by atomic mass is 35.5. The Hall–Kier alpha value is -3.64. The predicted octanol–water partition coefficient (Wildman–Crippen LogP) is 4.90. The maximum atomic E-state index is 13.2. The van der Waals surface area contributed by atoms with E-state index in [1.54, 1.807) is 36.4 Å². The molecular formula is C26H29ClF3N5O4. The van der Waals surface area contributed by atoms with Gasteiger partial charge in [-0.15, -0.1) is 12.4 Å². The van der Waals surface area contributed by atoms with Crippen molar-refractivity contribution >= 4 is 35.7 Å². The van der Waals surface area contributed by atoms with E-state index >= 15 is 0 Å². The second-order valence-electron chi connectivity index (χ2n) is 9.52. The summed E-state index contributed by atoms with van der Waals surface area (Å²) in [6, 6.07) is 10.9. The van der Waals surface area contributed by atoms with Crippen LogP contribution in [-0.4, -0.2) is 47.3 Å². The first kappa shape index (κ1) is 29.9. The molecule has 1 fully saturated rings. The Kier molecular flexibility index (Phi) is 9.57. The molecule has 13 heteroatoms. The third-order valence-corrected chi connectivity index (χ3v) is 6.24. The van der Waals surface area contributed by atoms with Crippen LogP contribution >= 0.6 is 12.4 Å². The maximum Gasteiger partial charge on any atom is 0.401 e. The Labute approximate surface area is 229 Å². The minimum atomic E-state index is -4.54. The molecule has 0 radical (unpaired) electrons. The molecule has 0 aliphatic carbocycles. The summed E-state index contributed by atoms with van der Waals surface area (Å²) < 4.78 is 50.2. The van der Waals surface area contributed by atoms with E-state index in [0.717, 1.165) is 45.8 Å². The SMILES string of the molecule is CC(C)(c1cc(NC(=O)Cc2ccc(NC(=O)c3ccc(OC4CCNCC4)cn3)cc2)no1)C(F)(F)F.Cl. The van der Waals surface area contributed by atoms with Crippen molar-refractivity contribution in [3.05, 3.63) is 65.7 Å². The smallest absolute Gasteiger partial charge is 0.401 e. The highest BCUT2D eigenvalue weighted by Gasteiger charge is 2.51. The number of amides is 2. The molecular weight excluding hydrogens is 539 g/mol. The summed E-state index contributed by atoms with van der Waals surface area (Å²) in [5.41, 5.74) is -0.891. The quantitative estimate of drug-likeness (QED) is 0.354. The molecule has 1 aliphatic rings. The van der Waals surface area contributed by atoms with Crippen LogP contribution in [0, 0.1) is 0 Å². The van der Waals surface area contributed by atoms with Gasteiger partial charge in [0, 0.05) is 11.8 Å². The third-order valence-electron chi connectivity index (χ3n) is 6.24. The van der Waals surface area contributed by atoms with E-state index in [2.05, 4.69) is 26.1 Å². The first-order chi connectivity index (χ1) is 18.0. The minimum Gasteiger partial charge on any atom is -0.489 e. The number of ether oxygens (including phenoxy) is 1. The van der Waals surface area contributed by atoms with Crippen LogP contribution in [0.2, 0.25) is 0 Å². The lowest BCUT2D eigenvalue weighted by atomic mass is 9.89. The van der Waals surface area contributed by atoms with Gasteiger partial charge in [0.25, 0.3) is 5.91 Å². The number of alkyl halides is 3. The predicted molar refractivity (Wildman–Crippen MR) is 140 cm³/mol. The second kappa shape index (κ2) is 12.5. The molecule has 0 atom stereocenters.